The summed E-state index contributed by atoms with van der Waals surface area (Å²) in [6.07, 6.45) is 2.71. The maximum atomic E-state index is 12.7. The largest absolute Gasteiger partial charge is 0.390 e. The minimum absolute atomic E-state index is 0.0679. The Morgan fingerprint density at radius 1 is 1.04 bits per heavy atom. The lowest BCUT2D eigenvalue weighted by atomic mass is 10.0. The predicted octanol–water partition coefficient (Wildman–Crippen LogP) is 3.62. The monoisotopic (exact) mass is 334 g/mol. The van der Waals surface area contributed by atoms with E-state index in [1.54, 1.807) is 0 Å². The van der Waals surface area contributed by atoms with Crippen LogP contribution in [0.25, 0.3) is 0 Å². The van der Waals surface area contributed by atoms with Crippen LogP contribution in [-0.2, 0) is 16.2 Å². The summed E-state index contributed by atoms with van der Waals surface area (Å²) in [4.78, 5) is 20.3. The standard InChI is InChI=1S/C21H22N2O2/c24-21(18-11-12-18)23(14-16-7-3-1-4-8-16)15-19-13-20(22-25-19)17-9-5-2-6-10-17/h1-10,18-19H,11-15H2. The third-order valence-corrected chi connectivity index (χ3v) is 4.72. The second kappa shape index (κ2) is 7.09. The molecule has 4 nitrogen and oxygen atoms in total. The fourth-order valence-electron chi connectivity index (χ4n) is 3.20. The van der Waals surface area contributed by atoms with Gasteiger partial charge in [-0.05, 0) is 24.0 Å². The van der Waals surface area contributed by atoms with Gasteiger partial charge in [0.1, 0.15) is 0 Å². The number of hydrogen-bond acceptors (Lipinski definition) is 3. The number of nitrogens with zero attached hydrogens (tertiary/aromatic N) is 2. The van der Waals surface area contributed by atoms with Gasteiger partial charge in [-0.1, -0.05) is 65.8 Å². The summed E-state index contributed by atoms with van der Waals surface area (Å²) in [5.41, 5.74) is 3.20. The highest BCUT2D eigenvalue weighted by molar-refractivity contribution is 6.01. The number of carbonyl (C=O) groups is 1. The summed E-state index contributed by atoms with van der Waals surface area (Å²) in [6, 6.07) is 20.2. The first kappa shape index (κ1) is 15.9. The molecule has 1 fully saturated rings. The Hall–Kier alpha value is -2.62. The van der Waals surface area contributed by atoms with Crippen molar-refractivity contribution in [3.8, 4) is 0 Å². The van der Waals surface area contributed by atoms with Crippen molar-refractivity contribution in [1.82, 2.24) is 4.90 Å². The van der Waals surface area contributed by atoms with Gasteiger partial charge in [0, 0.05) is 18.9 Å². The lowest BCUT2D eigenvalue weighted by Crippen LogP contribution is -2.38. The summed E-state index contributed by atoms with van der Waals surface area (Å²) in [5, 5.41) is 4.25. The van der Waals surface area contributed by atoms with Crippen LogP contribution in [0.15, 0.2) is 65.8 Å². The van der Waals surface area contributed by atoms with Crippen molar-refractivity contribution in [2.45, 2.75) is 31.9 Å². The van der Waals surface area contributed by atoms with Crippen molar-refractivity contribution in [2.24, 2.45) is 11.1 Å². The van der Waals surface area contributed by atoms with E-state index in [2.05, 4.69) is 17.3 Å². The molecule has 1 atom stereocenters. The van der Waals surface area contributed by atoms with Crippen molar-refractivity contribution >= 4 is 11.6 Å². The molecule has 1 unspecified atom stereocenters. The molecule has 2 aliphatic rings. The summed E-state index contributed by atoms with van der Waals surface area (Å²) < 4.78 is 0. The Bertz CT molecular complexity index is 754. The minimum Gasteiger partial charge on any atom is -0.390 e. The zero-order valence-corrected chi connectivity index (χ0v) is 14.2. The average molecular weight is 334 g/mol. The van der Waals surface area contributed by atoms with Gasteiger partial charge in [-0.25, -0.2) is 0 Å². The lowest BCUT2D eigenvalue weighted by molar-refractivity contribution is -0.135. The molecule has 0 N–H and O–H groups in total. The van der Waals surface area contributed by atoms with E-state index in [0.29, 0.717) is 13.1 Å². The maximum absolute atomic E-state index is 12.7. The highest BCUT2D eigenvalue weighted by atomic mass is 16.6. The fraction of sp³-hybridized carbons (Fsp3) is 0.333. The molecule has 2 aromatic carbocycles. The molecule has 0 bridgehead atoms. The molecule has 4 rings (SSSR count). The molecule has 1 amide bonds. The van der Waals surface area contributed by atoms with E-state index < -0.39 is 0 Å². The maximum Gasteiger partial charge on any atom is 0.226 e. The van der Waals surface area contributed by atoms with E-state index >= 15 is 0 Å². The minimum atomic E-state index is -0.0679. The van der Waals surface area contributed by atoms with Crippen LogP contribution >= 0.6 is 0 Å². The van der Waals surface area contributed by atoms with Crippen LogP contribution in [0.4, 0.5) is 0 Å². The van der Waals surface area contributed by atoms with E-state index in [9.17, 15) is 4.79 Å². The molecule has 0 aromatic heterocycles. The summed E-state index contributed by atoms with van der Waals surface area (Å²) in [6.45, 7) is 1.22. The van der Waals surface area contributed by atoms with Crippen LogP contribution in [-0.4, -0.2) is 29.2 Å². The number of benzene rings is 2. The van der Waals surface area contributed by atoms with Crippen LogP contribution in [0, 0.1) is 5.92 Å². The Balaban J connectivity index is 1.42. The highest BCUT2D eigenvalue weighted by Gasteiger charge is 2.35. The quantitative estimate of drug-likeness (QED) is 0.810. The van der Waals surface area contributed by atoms with Gasteiger partial charge in [-0.15, -0.1) is 0 Å². The SMILES string of the molecule is O=C(C1CC1)N(Cc1ccccc1)CC1CC(c2ccccc2)=NO1. The molecule has 1 saturated carbocycles. The van der Waals surface area contributed by atoms with E-state index in [1.165, 1.54) is 0 Å². The molecule has 1 heterocycles. The molecule has 128 valence electrons. The van der Waals surface area contributed by atoms with Crippen molar-refractivity contribution in [3.05, 3.63) is 71.8 Å². The highest BCUT2D eigenvalue weighted by Crippen LogP contribution is 2.32. The van der Waals surface area contributed by atoms with Crippen molar-refractivity contribution in [3.63, 3.8) is 0 Å². The molecule has 1 aliphatic carbocycles. The molecule has 1 aliphatic heterocycles. The van der Waals surface area contributed by atoms with E-state index in [4.69, 9.17) is 4.84 Å². The van der Waals surface area contributed by atoms with Crippen LogP contribution in [0.5, 0.6) is 0 Å². The Kier molecular flexibility index (Phi) is 4.51. The zero-order valence-electron chi connectivity index (χ0n) is 14.2. The Morgan fingerprint density at radius 3 is 2.40 bits per heavy atom. The molecule has 0 saturated heterocycles. The average Bonchev–Trinajstić information content (AvgIpc) is 3.41. The molecular weight excluding hydrogens is 312 g/mol. The first-order valence-electron chi connectivity index (χ1n) is 8.90. The molecule has 4 heteroatoms. The van der Waals surface area contributed by atoms with Gasteiger partial charge in [0.2, 0.25) is 5.91 Å². The molecule has 0 radical (unpaired) electrons. The van der Waals surface area contributed by atoms with Crippen LogP contribution in [0.1, 0.15) is 30.4 Å². The van der Waals surface area contributed by atoms with E-state index in [1.807, 2.05) is 53.4 Å². The number of carbonyl (C=O) groups excluding carboxylic acids is 1. The fourth-order valence-corrected chi connectivity index (χ4v) is 3.20. The molecule has 2 aromatic rings. The van der Waals surface area contributed by atoms with E-state index in [0.717, 1.165) is 36.1 Å². The topological polar surface area (TPSA) is 41.9 Å². The van der Waals surface area contributed by atoms with Gasteiger partial charge < -0.3 is 9.74 Å². The van der Waals surface area contributed by atoms with Crippen LogP contribution < -0.4 is 0 Å². The second-order valence-corrected chi connectivity index (χ2v) is 6.81. The van der Waals surface area contributed by atoms with Gasteiger partial charge in [-0.2, -0.15) is 0 Å². The normalized spacial score (nSPS) is 19.2. The number of oxime groups is 1. The van der Waals surface area contributed by atoms with Crippen LogP contribution in [0.3, 0.4) is 0 Å². The first-order valence-corrected chi connectivity index (χ1v) is 8.90. The third-order valence-electron chi connectivity index (χ3n) is 4.72. The van der Waals surface area contributed by atoms with Gasteiger partial charge in [0.05, 0.1) is 12.3 Å². The van der Waals surface area contributed by atoms with Gasteiger partial charge in [0.25, 0.3) is 0 Å². The Morgan fingerprint density at radius 2 is 1.72 bits per heavy atom. The van der Waals surface area contributed by atoms with Gasteiger partial charge >= 0.3 is 0 Å². The van der Waals surface area contributed by atoms with Crippen molar-refractivity contribution in [2.75, 3.05) is 6.54 Å². The van der Waals surface area contributed by atoms with Gasteiger partial charge in [0.15, 0.2) is 6.10 Å². The number of rotatable bonds is 6. The van der Waals surface area contributed by atoms with Crippen molar-refractivity contribution in [1.29, 1.82) is 0 Å². The predicted molar refractivity (Wildman–Crippen MR) is 97.1 cm³/mol. The van der Waals surface area contributed by atoms with Gasteiger partial charge in [-0.3, -0.25) is 4.79 Å². The molecule has 0 spiro atoms. The molecule has 25 heavy (non-hydrogen) atoms. The van der Waals surface area contributed by atoms with Crippen LogP contribution in [0.2, 0.25) is 0 Å². The summed E-state index contributed by atoms with van der Waals surface area (Å²) in [7, 11) is 0. The third kappa shape index (κ3) is 3.90. The number of hydrogen-bond donors (Lipinski definition) is 0. The van der Waals surface area contributed by atoms with Crippen molar-refractivity contribution < 1.29 is 9.63 Å². The summed E-state index contributed by atoms with van der Waals surface area (Å²) >= 11 is 0. The second-order valence-electron chi connectivity index (χ2n) is 6.81. The molecular formula is C21H22N2O2. The first-order chi connectivity index (χ1) is 12.3. The summed E-state index contributed by atoms with van der Waals surface area (Å²) in [5.74, 6) is 0.459. The number of amides is 1. The Labute approximate surface area is 148 Å². The lowest BCUT2D eigenvalue weighted by Gasteiger charge is -2.25. The zero-order chi connectivity index (χ0) is 17.1. The smallest absolute Gasteiger partial charge is 0.226 e. The van der Waals surface area contributed by atoms with E-state index in [-0.39, 0.29) is 17.9 Å².